The summed E-state index contributed by atoms with van der Waals surface area (Å²) in [5.74, 6) is 0. The number of hydrogen-bond donors (Lipinski definition) is 0. The first-order valence-corrected chi connectivity index (χ1v) is 1.54. The molecule has 0 aromatic carbocycles. The fourth-order valence-corrected chi connectivity index (χ4v) is 0.0970. The van der Waals surface area contributed by atoms with Gasteiger partial charge in [0.2, 0.25) is 0 Å². The van der Waals surface area contributed by atoms with Gasteiger partial charge in [0.25, 0.3) is 6.43 Å². The first-order chi connectivity index (χ1) is 3.27. The summed E-state index contributed by atoms with van der Waals surface area (Å²) in [6.07, 6.45) is -2.58. The summed E-state index contributed by atoms with van der Waals surface area (Å²) < 4.78 is 25.4. The molecule has 41 valence electrons. The molecular formula is C3H3F2O2. The van der Waals surface area contributed by atoms with E-state index in [1.807, 2.05) is 0 Å². The van der Waals surface area contributed by atoms with E-state index in [0.717, 1.165) is 6.47 Å². The summed E-state index contributed by atoms with van der Waals surface area (Å²) in [5, 5.41) is 0. The molecule has 0 aliphatic heterocycles. The van der Waals surface area contributed by atoms with Gasteiger partial charge in [-0.15, -0.1) is 0 Å². The van der Waals surface area contributed by atoms with Gasteiger partial charge in [-0.05, 0) is 0 Å². The predicted octanol–water partition coefficient (Wildman–Crippen LogP) is 0.335. The van der Waals surface area contributed by atoms with Crippen molar-refractivity contribution in [1.82, 2.24) is 0 Å². The lowest BCUT2D eigenvalue weighted by Crippen LogP contribution is -2.01. The van der Waals surface area contributed by atoms with Crippen LogP contribution in [0, 0.1) is 0 Å². The summed E-state index contributed by atoms with van der Waals surface area (Å²) >= 11 is 0. The Balaban J connectivity index is 2.81. The highest BCUT2D eigenvalue weighted by Crippen LogP contribution is 1.89. The first kappa shape index (κ1) is 6.33. The molecule has 0 amide bonds. The van der Waals surface area contributed by atoms with Gasteiger partial charge in [0.05, 0.1) is 0 Å². The highest BCUT2D eigenvalue weighted by Gasteiger charge is 1.99. The van der Waals surface area contributed by atoms with Gasteiger partial charge < -0.3 is 4.74 Å². The molecule has 7 heavy (non-hydrogen) atoms. The van der Waals surface area contributed by atoms with E-state index in [4.69, 9.17) is 4.79 Å². The van der Waals surface area contributed by atoms with Gasteiger partial charge >= 0.3 is 6.47 Å². The number of ether oxygens (including phenoxy) is 1. The number of hydrogen-bond acceptors (Lipinski definition) is 2. The number of rotatable bonds is 3. The van der Waals surface area contributed by atoms with Gasteiger partial charge in [-0.3, -0.25) is 0 Å². The van der Waals surface area contributed by atoms with Crippen LogP contribution in [0.15, 0.2) is 0 Å². The Labute approximate surface area is 39.1 Å². The molecule has 2 nitrogen and oxygen atoms in total. The van der Waals surface area contributed by atoms with E-state index in [0.29, 0.717) is 0 Å². The van der Waals surface area contributed by atoms with Crippen LogP contribution in [0.2, 0.25) is 0 Å². The lowest BCUT2D eigenvalue weighted by atomic mass is 10.8. The minimum absolute atomic E-state index is 0.858. The number of halogens is 2. The van der Waals surface area contributed by atoms with Crippen molar-refractivity contribution in [2.24, 2.45) is 0 Å². The third-order valence-corrected chi connectivity index (χ3v) is 0.268. The van der Waals surface area contributed by atoms with E-state index in [2.05, 4.69) is 4.74 Å². The SMILES string of the molecule is O=[C]OCC(F)F. The third-order valence-electron chi connectivity index (χ3n) is 0.268. The highest BCUT2D eigenvalue weighted by molar-refractivity contribution is 5.38. The van der Waals surface area contributed by atoms with Crippen molar-refractivity contribution >= 4 is 6.47 Å². The molecule has 0 aromatic rings. The normalized spacial score (nSPS) is 9.00. The molecule has 0 heterocycles. The maximum atomic E-state index is 10.9. The van der Waals surface area contributed by atoms with Crippen LogP contribution in [0.4, 0.5) is 8.78 Å². The third kappa shape index (κ3) is 5.33. The molecule has 0 spiro atoms. The maximum absolute atomic E-state index is 10.9. The highest BCUT2D eigenvalue weighted by atomic mass is 19.3. The predicted molar refractivity (Wildman–Crippen MR) is 17.6 cm³/mol. The van der Waals surface area contributed by atoms with E-state index in [1.54, 1.807) is 0 Å². The number of alkyl halides is 2. The molecule has 0 rings (SSSR count). The van der Waals surface area contributed by atoms with Crippen molar-refractivity contribution in [2.75, 3.05) is 6.61 Å². The Morgan fingerprint density at radius 3 is 2.43 bits per heavy atom. The summed E-state index contributed by atoms with van der Waals surface area (Å²) in [6, 6.07) is 0. The van der Waals surface area contributed by atoms with Gasteiger partial charge in [-0.1, -0.05) is 0 Å². The Morgan fingerprint density at radius 1 is 1.71 bits per heavy atom. The van der Waals surface area contributed by atoms with Crippen molar-refractivity contribution in [3.05, 3.63) is 0 Å². The Kier molecular flexibility index (Phi) is 3.18. The molecule has 0 unspecified atom stereocenters. The van der Waals surface area contributed by atoms with Crippen LogP contribution in [0.25, 0.3) is 0 Å². The smallest absolute Gasteiger partial charge is 0.417 e. The van der Waals surface area contributed by atoms with Gasteiger partial charge in [0, 0.05) is 0 Å². The summed E-state index contributed by atoms with van der Waals surface area (Å²) in [6.45, 7) is 0.0114. The minimum atomic E-state index is -2.58. The molecule has 0 fully saturated rings. The first-order valence-electron chi connectivity index (χ1n) is 1.54. The molecule has 0 bridgehead atoms. The Bertz CT molecular complexity index is 54.9. The van der Waals surface area contributed by atoms with Crippen molar-refractivity contribution in [3.8, 4) is 0 Å². The maximum Gasteiger partial charge on any atom is 0.417 e. The average Bonchev–Trinajstić information content (AvgIpc) is 1.61. The molecule has 0 atom stereocenters. The summed E-state index contributed by atoms with van der Waals surface area (Å²) in [5.41, 5.74) is 0. The van der Waals surface area contributed by atoms with Crippen LogP contribution < -0.4 is 0 Å². The van der Waals surface area contributed by atoms with E-state index < -0.39 is 13.0 Å². The minimum Gasteiger partial charge on any atom is -0.451 e. The Morgan fingerprint density at radius 2 is 2.29 bits per heavy atom. The van der Waals surface area contributed by atoms with Crippen molar-refractivity contribution in [3.63, 3.8) is 0 Å². The molecule has 1 radical (unpaired) electrons. The molecular weight excluding hydrogens is 106 g/mol. The summed E-state index contributed by atoms with van der Waals surface area (Å²) in [4.78, 5) is 9.03. The van der Waals surface area contributed by atoms with Crippen molar-refractivity contribution in [1.29, 1.82) is 0 Å². The molecule has 0 saturated carbocycles. The molecule has 0 N–H and O–H groups in total. The fraction of sp³-hybridized carbons (Fsp3) is 0.667. The van der Waals surface area contributed by atoms with Crippen LogP contribution in [-0.4, -0.2) is 19.5 Å². The quantitative estimate of drug-likeness (QED) is 0.522. The zero-order valence-corrected chi connectivity index (χ0v) is 3.36. The van der Waals surface area contributed by atoms with E-state index >= 15 is 0 Å². The zero-order valence-electron chi connectivity index (χ0n) is 3.36. The molecule has 0 aliphatic rings. The fourth-order valence-electron chi connectivity index (χ4n) is 0.0970. The van der Waals surface area contributed by atoms with Crippen LogP contribution >= 0.6 is 0 Å². The van der Waals surface area contributed by atoms with E-state index in [9.17, 15) is 8.78 Å². The second kappa shape index (κ2) is 3.52. The van der Waals surface area contributed by atoms with Crippen LogP contribution in [0.3, 0.4) is 0 Å². The average molecular weight is 109 g/mol. The second-order valence-electron chi connectivity index (χ2n) is 0.785. The van der Waals surface area contributed by atoms with Gasteiger partial charge in [-0.25, -0.2) is 13.6 Å². The molecule has 0 aliphatic carbocycles. The van der Waals surface area contributed by atoms with Crippen LogP contribution in [0.1, 0.15) is 0 Å². The largest absolute Gasteiger partial charge is 0.451 e. The van der Waals surface area contributed by atoms with E-state index in [1.165, 1.54) is 0 Å². The van der Waals surface area contributed by atoms with E-state index in [-0.39, 0.29) is 0 Å². The second-order valence-corrected chi connectivity index (χ2v) is 0.785. The van der Waals surface area contributed by atoms with Gasteiger partial charge in [-0.2, -0.15) is 0 Å². The lowest BCUT2D eigenvalue weighted by molar-refractivity contribution is 0.0740. The lowest BCUT2D eigenvalue weighted by Gasteiger charge is -1.90. The molecule has 0 saturated heterocycles. The Hall–Kier alpha value is -0.670. The monoisotopic (exact) mass is 109 g/mol. The van der Waals surface area contributed by atoms with Gasteiger partial charge in [0.15, 0.2) is 6.61 Å². The summed E-state index contributed by atoms with van der Waals surface area (Å²) in [7, 11) is 0. The molecule has 0 aromatic heterocycles. The zero-order chi connectivity index (χ0) is 5.70. The topological polar surface area (TPSA) is 26.3 Å². The standard InChI is InChI=1S/C3H3F2O2/c4-3(5)1-7-2-6/h3H,1H2. The van der Waals surface area contributed by atoms with Crippen molar-refractivity contribution < 1.29 is 18.3 Å². The molecule has 4 heteroatoms. The van der Waals surface area contributed by atoms with Crippen LogP contribution in [-0.2, 0) is 9.53 Å². The van der Waals surface area contributed by atoms with Crippen LogP contribution in [0.5, 0.6) is 0 Å². The number of carbonyl (C=O) groups excluding carboxylic acids is 1. The van der Waals surface area contributed by atoms with Gasteiger partial charge in [0.1, 0.15) is 0 Å². The van der Waals surface area contributed by atoms with Crippen molar-refractivity contribution in [2.45, 2.75) is 6.43 Å².